The second-order valence-corrected chi connectivity index (χ2v) is 8.19. The van der Waals surface area contributed by atoms with Gasteiger partial charge in [-0.3, -0.25) is 0 Å². The van der Waals surface area contributed by atoms with E-state index >= 15 is 0 Å². The Morgan fingerprint density at radius 1 is 1.30 bits per heavy atom. The maximum absolute atomic E-state index is 12.9. The summed E-state index contributed by atoms with van der Waals surface area (Å²) in [5, 5.41) is 8.77. The minimum absolute atomic E-state index is 0.129. The summed E-state index contributed by atoms with van der Waals surface area (Å²) in [6, 6.07) is 3.39. The number of rotatable bonds is 6. The largest absolute Gasteiger partial charge is 0.481 e. The van der Waals surface area contributed by atoms with Crippen LogP contribution in [0.15, 0.2) is 17.0 Å². The summed E-state index contributed by atoms with van der Waals surface area (Å²) in [5.41, 5.74) is 1.21. The molecule has 1 N–H and O–H groups in total. The average Bonchev–Trinajstić information content (AvgIpc) is 3.20. The van der Waals surface area contributed by atoms with Crippen molar-refractivity contribution < 1.29 is 23.1 Å². The summed E-state index contributed by atoms with van der Waals surface area (Å²) >= 11 is 0. The SMILES string of the molecule is Cc1ccc(S(=O)(=O)N2CCC2C2CC2)c(C)c1OCC(=O)O. The third-order valence-electron chi connectivity index (χ3n) is 4.66. The Balaban J connectivity index is 1.92. The lowest BCUT2D eigenvalue weighted by Gasteiger charge is -2.40. The maximum atomic E-state index is 12.9. The number of carbonyl (C=O) groups is 1. The van der Waals surface area contributed by atoms with Crippen molar-refractivity contribution >= 4 is 16.0 Å². The van der Waals surface area contributed by atoms with E-state index in [1.807, 2.05) is 0 Å². The van der Waals surface area contributed by atoms with E-state index < -0.39 is 22.6 Å². The zero-order valence-electron chi connectivity index (χ0n) is 13.3. The predicted octanol–water partition coefficient (Wildman–Crippen LogP) is 1.94. The molecule has 1 aromatic carbocycles. The fraction of sp³-hybridized carbons (Fsp3) is 0.562. The lowest BCUT2D eigenvalue weighted by molar-refractivity contribution is -0.139. The first-order chi connectivity index (χ1) is 10.8. The van der Waals surface area contributed by atoms with Gasteiger partial charge in [-0.2, -0.15) is 4.31 Å². The van der Waals surface area contributed by atoms with Gasteiger partial charge in [0.15, 0.2) is 6.61 Å². The molecule has 2 aliphatic rings. The topological polar surface area (TPSA) is 83.9 Å². The van der Waals surface area contributed by atoms with Crippen molar-refractivity contribution in [1.29, 1.82) is 0 Å². The summed E-state index contributed by atoms with van der Waals surface area (Å²) in [6.07, 6.45) is 3.14. The Bertz CT molecular complexity index is 739. The summed E-state index contributed by atoms with van der Waals surface area (Å²) < 4.78 is 32.8. The fourth-order valence-corrected chi connectivity index (χ4v) is 5.16. The van der Waals surface area contributed by atoms with Crippen LogP contribution in [0.3, 0.4) is 0 Å². The molecule has 1 unspecified atom stereocenters. The number of aliphatic carboxylic acids is 1. The minimum atomic E-state index is -3.56. The van der Waals surface area contributed by atoms with Crippen LogP contribution in [0.5, 0.6) is 5.75 Å². The Labute approximate surface area is 136 Å². The van der Waals surface area contributed by atoms with E-state index in [-0.39, 0.29) is 10.9 Å². The molecule has 6 nitrogen and oxygen atoms in total. The van der Waals surface area contributed by atoms with E-state index in [1.54, 1.807) is 30.3 Å². The number of benzene rings is 1. The fourth-order valence-electron chi connectivity index (χ4n) is 3.20. The molecule has 1 heterocycles. The van der Waals surface area contributed by atoms with Gasteiger partial charge in [0.25, 0.3) is 0 Å². The molecule has 1 aliphatic heterocycles. The molecule has 3 rings (SSSR count). The van der Waals surface area contributed by atoms with E-state index in [4.69, 9.17) is 9.84 Å². The third kappa shape index (κ3) is 2.95. The molecule has 1 aliphatic carbocycles. The molecular weight excluding hydrogens is 318 g/mol. The lowest BCUT2D eigenvalue weighted by atomic mass is 10.0. The zero-order valence-corrected chi connectivity index (χ0v) is 14.1. The van der Waals surface area contributed by atoms with Crippen LogP contribution in [0, 0.1) is 19.8 Å². The first-order valence-corrected chi connectivity index (χ1v) is 9.23. The number of aryl methyl sites for hydroxylation is 1. The van der Waals surface area contributed by atoms with Crippen molar-refractivity contribution in [2.75, 3.05) is 13.2 Å². The number of carboxylic acid groups (broad SMARTS) is 1. The number of hydrogen-bond donors (Lipinski definition) is 1. The predicted molar refractivity (Wildman–Crippen MR) is 84.1 cm³/mol. The molecule has 2 fully saturated rings. The third-order valence-corrected chi connectivity index (χ3v) is 6.73. The van der Waals surface area contributed by atoms with E-state index in [1.165, 1.54) is 0 Å². The van der Waals surface area contributed by atoms with Crippen molar-refractivity contribution in [2.45, 2.75) is 44.0 Å². The van der Waals surface area contributed by atoms with Crippen LogP contribution in [0.1, 0.15) is 30.4 Å². The van der Waals surface area contributed by atoms with Gasteiger partial charge >= 0.3 is 5.97 Å². The molecule has 0 bridgehead atoms. The standard InChI is InChI=1S/C16H21NO5S/c1-10-3-6-14(11(2)16(10)22-9-15(18)19)23(20,21)17-8-7-13(17)12-4-5-12/h3,6,12-13H,4-5,7-9H2,1-2H3,(H,18,19). The molecule has 7 heteroatoms. The van der Waals surface area contributed by atoms with Crippen molar-refractivity contribution in [1.82, 2.24) is 4.31 Å². The molecule has 0 radical (unpaired) electrons. The molecule has 1 atom stereocenters. The number of sulfonamides is 1. The maximum Gasteiger partial charge on any atom is 0.341 e. The number of hydrogen-bond acceptors (Lipinski definition) is 4. The van der Waals surface area contributed by atoms with Gasteiger partial charge in [-0.25, -0.2) is 13.2 Å². The molecule has 0 aromatic heterocycles. The van der Waals surface area contributed by atoms with Crippen LogP contribution in [0.2, 0.25) is 0 Å². The van der Waals surface area contributed by atoms with Gasteiger partial charge in [0.1, 0.15) is 5.75 Å². The Morgan fingerprint density at radius 2 is 2.00 bits per heavy atom. The Hall–Kier alpha value is -1.60. The Kier molecular flexibility index (Phi) is 4.10. The highest BCUT2D eigenvalue weighted by Crippen LogP contribution is 2.44. The molecule has 1 aromatic rings. The van der Waals surface area contributed by atoms with Crippen LogP contribution < -0.4 is 4.74 Å². The lowest BCUT2D eigenvalue weighted by Crippen LogP contribution is -2.52. The minimum Gasteiger partial charge on any atom is -0.481 e. The van der Waals surface area contributed by atoms with Gasteiger partial charge in [-0.15, -0.1) is 0 Å². The average molecular weight is 339 g/mol. The molecule has 23 heavy (non-hydrogen) atoms. The van der Waals surface area contributed by atoms with Crippen LogP contribution in [0.4, 0.5) is 0 Å². The van der Waals surface area contributed by atoms with Crippen molar-refractivity contribution in [2.24, 2.45) is 5.92 Å². The molecular formula is C16H21NO5S. The molecule has 0 amide bonds. The van der Waals surface area contributed by atoms with Crippen LogP contribution in [-0.2, 0) is 14.8 Å². The van der Waals surface area contributed by atoms with Crippen molar-refractivity contribution in [3.63, 3.8) is 0 Å². The van der Waals surface area contributed by atoms with Gasteiger partial charge in [-0.05, 0) is 50.7 Å². The highest BCUT2D eigenvalue weighted by atomic mass is 32.2. The summed E-state index contributed by atoms with van der Waals surface area (Å²) in [7, 11) is -3.56. The number of ether oxygens (including phenoxy) is 1. The number of nitrogens with zero attached hydrogens (tertiary/aromatic N) is 1. The second-order valence-electron chi connectivity index (χ2n) is 6.33. The van der Waals surface area contributed by atoms with E-state index in [2.05, 4.69) is 0 Å². The quantitative estimate of drug-likeness (QED) is 0.856. The first-order valence-electron chi connectivity index (χ1n) is 7.79. The first kappa shape index (κ1) is 16.3. The van der Waals surface area contributed by atoms with Crippen molar-refractivity contribution in [3.8, 4) is 5.75 Å². The van der Waals surface area contributed by atoms with Crippen LogP contribution >= 0.6 is 0 Å². The summed E-state index contributed by atoms with van der Waals surface area (Å²) in [6.45, 7) is 3.52. The molecule has 1 saturated carbocycles. The normalized spacial score (nSPS) is 21.7. The zero-order chi connectivity index (χ0) is 16.8. The van der Waals surface area contributed by atoms with Crippen LogP contribution in [-0.4, -0.2) is 43.0 Å². The summed E-state index contributed by atoms with van der Waals surface area (Å²) in [5.74, 6) is -0.238. The van der Waals surface area contributed by atoms with Gasteiger partial charge in [-0.1, -0.05) is 6.07 Å². The van der Waals surface area contributed by atoms with Crippen LogP contribution in [0.25, 0.3) is 0 Å². The summed E-state index contributed by atoms with van der Waals surface area (Å²) in [4.78, 5) is 10.9. The van der Waals surface area contributed by atoms with E-state index in [0.717, 1.165) is 24.8 Å². The molecule has 0 spiro atoms. The van der Waals surface area contributed by atoms with Gasteiger partial charge in [0.05, 0.1) is 4.90 Å². The van der Waals surface area contributed by atoms with Gasteiger partial charge < -0.3 is 9.84 Å². The molecule has 126 valence electrons. The van der Waals surface area contributed by atoms with Gasteiger partial charge in [0.2, 0.25) is 10.0 Å². The number of carboxylic acids is 1. The smallest absolute Gasteiger partial charge is 0.341 e. The highest BCUT2D eigenvalue weighted by molar-refractivity contribution is 7.89. The van der Waals surface area contributed by atoms with E-state index in [9.17, 15) is 13.2 Å². The van der Waals surface area contributed by atoms with Crippen molar-refractivity contribution in [3.05, 3.63) is 23.3 Å². The van der Waals surface area contributed by atoms with Gasteiger partial charge in [0, 0.05) is 18.2 Å². The monoisotopic (exact) mass is 339 g/mol. The highest BCUT2D eigenvalue weighted by Gasteiger charge is 2.46. The molecule has 1 saturated heterocycles. The Morgan fingerprint density at radius 3 is 2.52 bits per heavy atom. The van der Waals surface area contributed by atoms with E-state index in [0.29, 0.717) is 23.8 Å². The second kappa shape index (κ2) is 5.79.